The van der Waals surface area contributed by atoms with E-state index in [-0.39, 0.29) is 24.8 Å². The van der Waals surface area contributed by atoms with Gasteiger partial charge in [-0.25, -0.2) is 13.1 Å². The molecule has 0 aromatic heterocycles. The summed E-state index contributed by atoms with van der Waals surface area (Å²) in [5, 5.41) is 2.65. The Labute approximate surface area is 124 Å². The van der Waals surface area contributed by atoms with Crippen molar-refractivity contribution in [2.45, 2.75) is 13.8 Å². The second-order valence-corrected chi connectivity index (χ2v) is 6.17. The van der Waals surface area contributed by atoms with Crippen LogP contribution in [0.5, 0.6) is 5.75 Å². The molecule has 1 amide bonds. The van der Waals surface area contributed by atoms with Gasteiger partial charge in [-0.05, 0) is 19.1 Å². The lowest BCUT2D eigenvalue weighted by molar-refractivity contribution is -0.114. The van der Waals surface area contributed by atoms with Crippen molar-refractivity contribution in [3.8, 4) is 17.6 Å². The molecule has 0 aliphatic heterocycles. The van der Waals surface area contributed by atoms with E-state index in [9.17, 15) is 13.2 Å². The van der Waals surface area contributed by atoms with E-state index < -0.39 is 10.0 Å². The van der Waals surface area contributed by atoms with E-state index in [2.05, 4.69) is 21.9 Å². The van der Waals surface area contributed by atoms with Crippen molar-refractivity contribution >= 4 is 21.6 Å². The van der Waals surface area contributed by atoms with E-state index in [4.69, 9.17) is 4.74 Å². The first-order valence-corrected chi connectivity index (χ1v) is 8.01. The molecule has 0 spiro atoms. The third-order valence-corrected chi connectivity index (χ3v) is 3.70. The second-order valence-electron chi connectivity index (χ2n) is 4.08. The Morgan fingerprint density at radius 2 is 2.10 bits per heavy atom. The number of benzene rings is 1. The van der Waals surface area contributed by atoms with E-state index in [1.165, 1.54) is 6.92 Å². The highest BCUT2D eigenvalue weighted by Crippen LogP contribution is 2.16. The monoisotopic (exact) mass is 310 g/mol. The number of hydrogen-bond donors (Lipinski definition) is 2. The molecule has 1 aromatic carbocycles. The maximum absolute atomic E-state index is 11.1. The summed E-state index contributed by atoms with van der Waals surface area (Å²) in [6, 6.07) is 6.93. The van der Waals surface area contributed by atoms with Gasteiger partial charge < -0.3 is 10.1 Å². The first-order valence-electron chi connectivity index (χ1n) is 6.36. The number of hydrogen-bond acceptors (Lipinski definition) is 4. The topological polar surface area (TPSA) is 84.5 Å². The van der Waals surface area contributed by atoms with E-state index in [0.717, 1.165) is 0 Å². The van der Waals surface area contributed by atoms with E-state index in [1.807, 2.05) is 0 Å². The Hall–Kier alpha value is -2.04. The highest BCUT2D eigenvalue weighted by molar-refractivity contribution is 7.89. The zero-order valence-electron chi connectivity index (χ0n) is 12.0. The summed E-state index contributed by atoms with van der Waals surface area (Å²) in [7, 11) is -3.21. The van der Waals surface area contributed by atoms with Crippen LogP contribution in [-0.4, -0.2) is 33.2 Å². The maximum Gasteiger partial charge on any atom is 0.221 e. The average molecular weight is 310 g/mol. The number of nitrogens with one attached hydrogen (secondary N) is 2. The number of carbonyl (C=O) groups excluding carboxylic acids is 1. The van der Waals surface area contributed by atoms with Gasteiger partial charge in [-0.1, -0.05) is 17.9 Å². The average Bonchev–Trinajstić information content (AvgIpc) is 2.42. The van der Waals surface area contributed by atoms with Crippen LogP contribution in [0.2, 0.25) is 0 Å². The first kappa shape index (κ1) is 17.0. The Morgan fingerprint density at radius 1 is 1.33 bits per heavy atom. The second kappa shape index (κ2) is 8.29. The number of carbonyl (C=O) groups is 1. The number of ether oxygens (including phenoxy) is 1. The van der Waals surface area contributed by atoms with E-state index >= 15 is 0 Å². The van der Waals surface area contributed by atoms with Crippen LogP contribution in [0, 0.1) is 11.8 Å². The molecule has 0 heterocycles. The molecule has 114 valence electrons. The van der Waals surface area contributed by atoms with Gasteiger partial charge in [-0.3, -0.25) is 4.79 Å². The van der Waals surface area contributed by atoms with Crippen molar-refractivity contribution in [1.82, 2.24) is 4.72 Å². The van der Waals surface area contributed by atoms with Crippen molar-refractivity contribution < 1.29 is 17.9 Å². The van der Waals surface area contributed by atoms with Gasteiger partial charge in [-0.15, -0.1) is 0 Å². The van der Waals surface area contributed by atoms with Gasteiger partial charge in [0.15, 0.2) is 0 Å². The molecule has 2 N–H and O–H groups in total. The summed E-state index contributed by atoms with van der Waals surface area (Å²) < 4.78 is 30.0. The molecule has 0 bridgehead atoms. The van der Waals surface area contributed by atoms with Crippen molar-refractivity contribution in [3.05, 3.63) is 24.3 Å². The summed E-state index contributed by atoms with van der Waals surface area (Å²) in [4.78, 5) is 10.9. The molecule has 0 saturated heterocycles. The quantitative estimate of drug-likeness (QED) is 0.767. The van der Waals surface area contributed by atoms with E-state index in [1.54, 1.807) is 31.2 Å². The molecule has 0 aliphatic rings. The van der Waals surface area contributed by atoms with Crippen LogP contribution in [0.4, 0.5) is 5.69 Å². The third kappa shape index (κ3) is 7.34. The zero-order chi connectivity index (χ0) is 15.7. The minimum absolute atomic E-state index is 0.0289. The summed E-state index contributed by atoms with van der Waals surface area (Å²) in [5.41, 5.74) is 0.642. The van der Waals surface area contributed by atoms with Gasteiger partial charge in [-0.2, -0.15) is 0 Å². The van der Waals surface area contributed by atoms with Gasteiger partial charge in [0.25, 0.3) is 0 Å². The third-order valence-electron chi connectivity index (χ3n) is 2.35. The summed E-state index contributed by atoms with van der Waals surface area (Å²) >= 11 is 0. The summed E-state index contributed by atoms with van der Waals surface area (Å²) in [6.07, 6.45) is 0. The summed E-state index contributed by atoms with van der Waals surface area (Å²) in [6.45, 7) is 3.18. The van der Waals surface area contributed by atoms with Crippen LogP contribution >= 0.6 is 0 Å². The van der Waals surface area contributed by atoms with Crippen LogP contribution in [0.1, 0.15) is 13.8 Å². The van der Waals surface area contributed by atoms with Crippen LogP contribution in [0.25, 0.3) is 0 Å². The zero-order valence-corrected chi connectivity index (χ0v) is 12.8. The minimum atomic E-state index is -3.21. The minimum Gasteiger partial charge on any atom is -0.481 e. The van der Waals surface area contributed by atoms with Gasteiger partial charge in [0, 0.05) is 18.7 Å². The number of anilines is 1. The standard InChI is InChI=1S/C14H18N2O4S/c1-3-21(18,19)15-9-4-5-10-20-14-8-6-7-13(11-14)16-12(2)17/h6-8,11,15H,3,9-10H2,1-2H3,(H,16,17). The molecule has 0 unspecified atom stereocenters. The SMILES string of the molecule is CCS(=O)(=O)NCC#CCOc1cccc(NC(C)=O)c1. The van der Waals surface area contributed by atoms with Crippen LogP contribution in [-0.2, 0) is 14.8 Å². The number of sulfonamides is 1. The van der Waals surface area contributed by atoms with Crippen molar-refractivity contribution in [3.63, 3.8) is 0 Å². The fourth-order valence-corrected chi connectivity index (χ4v) is 1.84. The van der Waals surface area contributed by atoms with Crippen LogP contribution < -0.4 is 14.8 Å². The number of amides is 1. The Kier molecular flexibility index (Phi) is 6.72. The molecule has 0 atom stereocenters. The molecule has 7 heteroatoms. The van der Waals surface area contributed by atoms with Crippen LogP contribution in [0.3, 0.4) is 0 Å². The van der Waals surface area contributed by atoms with Crippen molar-refractivity contribution in [2.24, 2.45) is 0 Å². The van der Waals surface area contributed by atoms with Crippen molar-refractivity contribution in [2.75, 3.05) is 24.2 Å². The molecule has 1 rings (SSSR count). The fourth-order valence-electron chi connectivity index (χ4n) is 1.35. The molecule has 21 heavy (non-hydrogen) atoms. The molecule has 0 radical (unpaired) electrons. The van der Waals surface area contributed by atoms with Gasteiger partial charge in [0.1, 0.15) is 12.4 Å². The largest absolute Gasteiger partial charge is 0.481 e. The van der Waals surface area contributed by atoms with Gasteiger partial charge >= 0.3 is 0 Å². The molecule has 0 aliphatic carbocycles. The molecular weight excluding hydrogens is 292 g/mol. The predicted molar refractivity (Wildman–Crippen MR) is 81.5 cm³/mol. The molecular formula is C14H18N2O4S. The molecule has 1 aromatic rings. The normalized spacial score (nSPS) is 10.4. The summed E-state index contributed by atoms with van der Waals surface area (Å²) in [5.74, 6) is 5.81. The smallest absolute Gasteiger partial charge is 0.221 e. The predicted octanol–water partition coefficient (Wildman–Crippen LogP) is 0.966. The number of rotatable bonds is 6. The fraction of sp³-hybridized carbons (Fsp3) is 0.357. The lowest BCUT2D eigenvalue weighted by Gasteiger charge is -2.05. The van der Waals surface area contributed by atoms with Crippen molar-refractivity contribution in [1.29, 1.82) is 0 Å². The van der Waals surface area contributed by atoms with Gasteiger partial charge in [0.05, 0.1) is 12.3 Å². The lowest BCUT2D eigenvalue weighted by Crippen LogP contribution is -2.25. The molecule has 0 fully saturated rings. The molecule has 0 saturated carbocycles. The maximum atomic E-state index is 11.1. The first-order chi connectivity index (χ1) is 9.93. The Bertz CT molecular complexity index is 644. The highest BCUT2D eigenvalue weighted by atomic mass is 32.2. The van der Waals surface area contributed by atoms with Gasteiger partial charge in [0.2, 0.25) is 15.9 Å². The lowest BCUT2D eigenvalue weighted by atomic mass is 10.3. The molecule has 6 nitrogen and oxygen atoms in total. The van der Waals surface area contributed by atoms with Crippen LogP contribution in [0.15, 0.2) is 24.3 Å². The highest BCUT2D eigenvalue weighted by Gasteiger charge is 2.02. The van der Waals surface area contributed by atoms with E-state index in [0.29, 0.717) is 11.4 Å². The Balaban J connectivity index is 2.41. The Morgan fingerprint density at radius 3 is 2.76 bits per heavy atom.